The van der Waals surface area contributed by atoms with Crippen molar-refractivity contribution < 1.29 is 23.8 Å². The van der Waals surface area contributed by atoms with E-state index in [1.54, 1.807) is 18.2 Å². The number of nitrogens with one attached hydrogen (secondary N) is 1. The Bertz CT molecular complexity index is 776. The zero-order valence-electron chi connectivity index (χ0n) is 15.2. The number of rotatable bonds is 6. The molecular weight excluding hydrogens is 351 g/mol. The van der Waals surface area contributed by atoms with E-state index in [1.165, 1.54) is 31.4 Å². The van der Waals surface area contributed by atoms with Gasteiger partial charge in [-0.15, -0.1) is 0 Å². The highest BCUT2D eigenvalue weighted by Crippen LogP contribution is 2.25. The fraction of sp³-hybridized carbons (Fsp3) is 0.350. The Kier molecular flexibility index (Phi) is 6.26. The number of carbonyl (C=O) groups excluding carboxylic acids is 1. The van der Waals surface area contributed by atoms with Gasteiger partial charge in [0, 0.05) is 25.7 Å². The first-order chi connectivity index (χ1) is 13.1. The number of ether oxygens (including phenoxy) is 2. The average molecular weight is 374 g/mol. The van der Waals surface area contributed by atoms with Crippen LogP contribution in [0.3, 0.4) is 0 Å². The van der Waals surface area contributed by atoms with Crippen LogP contribution in [0.2, 0.25) is 0 Å². The van der Waals surface area contributed by atoms with Crippen LogP contribution in [-0.4, -0.2) is 55.9 Å². The molecule has 0 bridgehead atoms. The lowest BCUT2D eigenvalue weighted by Crippen LogP contribution is -2.43. The first-order valence-electron chi connectivity index (χ1n) is 8.81. The Balaban J connectivity index is 1.73. The summed E-state index contributed by atoms with van der Waals surface area (Å²) in [5, 5.41) is 12.9. The van der Waals surface area contributed by atoms with Crippen LogP contribution in [0.5, 0.6) is 11.5 Å². The molecule has 1 aliphatic rings. The van der Waals surface area contributed by atoms with Crippen molar-refractivity contribution in [3.63, 3.8) is 0 Å². The van der Waals surface area contributed by atoms with Crippen LogP contribution < -0.4 is 10.1 Å². The van der Waals surface area contributed by atoms with E-state index in [0.717, 1.165) is 18.7 Å². The van der Waals surface area contributed by atoms with Gasteiger partial charge in [-0.1, -0.05) is 12.1 Å². The van der Waals surface area contributed by atoms with Gasteiger partial charge in [-0.3, -0.25) is 9.69 Å². The largest absolute Gasteiger partial charge is 0.507 e. The molecule has 0 aliphatic carbocycles. The number of nitrogens with zero attached hydrogens (tertiary/aromatic N) is 1. The van der Waals surface area contributed by atoms with Crippen molar-refractivity contribution in [2.75, 3.05) is 40.0 Å². The number of phenolic OH excluding ortho intramolecular Hbond substituents is 1. The molecule has 2 aromatic rings. The zero-order chi connectivity index (χ0) is 19.2. The summed E-state index contributed by atoms with van der Waals surface area (Å²) in [6.07, 6.45) is 0. The summed E-state index contributed by atoms with van der Waals surface area (Å²) >= 11 is 0. The van der Waals surface area contributed by atoms with Gasteiger partial charge in [0.2, 0.25) is 0 Å². The van der Waals surface area contributed by atoms with Crippen LogP contribution in [0.15, 0.2) is 42.5 Å². The molecule has 1 aliphatic heterocycles. The Morgan fingerprint density at radius 1 is 1.26 bits per heavy atom. The molecule has 0 aromatic heterocycles. The molecule has 1 unspecified atom stereocenters. The second-order valence-corrected chi connectivity index (χ2v) is 6.31. The van der Waals surface area contributed by atoms with Crippen LogP contribution in [0.1, 0.15) is 22.0 Å². The summed E-state index contributed by atoms with van der Waals surface area (Å²) in [5.74, 6) is -0.347. The number of benzene rings is 2. The predicted octanol–water partition coefficient (Wildman–Crippen LogP) is 2.34. The molecule has 144 valence electrons. The third-order valence-corrected chi connectivity index (χ3v) is 4.65. The van der Waals surface area contributed by atoms with Crippen LogP contribution in [0.25, 0.3) is 0 Å². The molecule has 27 heavy (non-hydrogen) atoms. The summed E-state index contributed by atoms with van der Waals surface area (Å²) in [6.45, 7) is 3.02. The lowest BCUT2D eigenvalue weighted by atomic mass is 10.0. The second kappa shape index (κ2) is 8.83. The Hall–Kier alpha value is -2.64. The third kappa shape index (κ3) is 4.75. The standard InChI is InChI=1S/C20H23FN2O4/c1-26-16-6-7-17(19(24)12-16)20(25)22-13-18(23-8-10-27-11-9-23)14-2-4-15(21)5-3-14/h2-7,12,18,24H,8-11,13H2,1H3,(H,22,25). The monoisotopic (exact) mass is 374 g/mol. The van der Waals surface area contributed by atoms with Gasteiger partial charge >= 0.3 is 0 Å². The van der Waals surface area contributed by atoms with Gasteiger partial charge in [0.25, 0.3) is 5.91 Å². The number of amides is 1. The lowest BCUT2D eigenvalue weighted by molar-refractivity contribution is 0.0162. The minimum atomic E-state index is -0.379. The Morgan fingerprint density at radius 3 is 2.59 bits per heavy atom. The van der Waals surface area contributed by atoms with Crippen LogP contribution in [0, 0.1) is 5.82 Å². The number of hydrogen-bond acceptors (Lipinski definition) is 5. The van der Waals surface area contributed by atoms with Crippen LogP contribution in [-0.2, 0) is 4.74 Å². The third-order valence-electron chi connectivity index (χ3n) is 4.65. The molecule has 7 heteroatoms. The summed E-state index contributed by atoms with van der Waals surface area (Å²) in [7, 11) is 1.49. The van der Waals surface area contributed by atoms with Gasteiger partial charge < -0.3 is 19.9 Å². The normalized spacial score (nSPS) is 15.9. The molecule has 3 rings (SSSR count). The molecule has 0 saturated carbocycles. The maximum Gasteiger partial charge on any atom is 0.255 e. The fourth-order valence-electron chi connectivity index (χ4n) is 3.15. The minimum Gasteiger partial charge on any atom is -0.507 e. The molecule has 1 amide bonds. The summed E-state index contributed by atoms with van der Waals surface area (Å²) in [4.78, 5) is 14.7. The summed E-state index contributed by atoms with van der Waals surface area (Å²) < 4.78 is 23.7. The zero-order valence-corrected chi connectivity index (χ0v) is 15.2. The van der Waals surface area contributed by atoms with Crippen LogP contribution >= 0.6 is 0 Å². The first kappa shape index (κ1) is 19.1. The number of morpholine rings is 1. The molecule has 0 radical (unpaired) electrons. The second-order valence-electron chi connectivity index (χ2n) is 6.31. The number of hydrogen-bond donors (Lipinski definition) is 2. The van der Waals surface area contributed by atoms with Crippen molar-refractivity contribution in [2.24, 2.45) is 0 Å². The number of phenols is 1. The molecule has 1 fully saturated rings. The van der Waals surface area contributed by atoms with Crippen molar-refractivity contribution in [1.29, 1.82) is 0 Å². The van der Waals surface area contributed by atoms with Crippen molar-refractivity contribution in [2.45, 2.75) is 6.04 Å². The van der Waals surface area contributed by atoms with E-state index in [1.807, 2.05) is 0 Å². The van der Waals surface area contributed by atoms with E-state index < -0.39 is 0 Å². The SMILES string of the molecule is COc1ccc(C(=O)NCC(c2ccc(F)cc2)N2CCOCC2)c(O)c1. The van der Waals surface area contributed by atoms with E-state index in [2.05, 4.69) is 10.2 Å². The van der Waals surface area contributed by atoms with Crippen molar-refractivity contribution in [1.82, 2.24) is 10.2 Å². The van der Waals surface area contributed by atoms with Crippen LogP contribution in [0.4, 0.5) is 4.39 Å². The van der Waals surface area contributed by atoms with Crippen molar-refractivity contribution in [3.05, 3.63) is 59.4 Å². The highest BCUT2D eigenvalue weighted by molar-refractivity contribution is 5.97. The van der Waals surface area contributed by atoms with Gasteiger partial charge in [0.15, 0.2) is 0 Å². The predicted molar refractivity (Wildman–Crippen MR) is 98.5 cm³/mol. The van der Waals surface area contributed by atoms with E-state index >= 15 is 0 Å². The Morgan fingerprint density at radius 2 is 1.96 bits per heavy atom. The summed E-state index contributed by atoms with van der Waals surface area (Å²) in [5.41, 5.74) is 1.09. The quantitative estimate of drug-likeness (QED) is 0.812. The van der Waals surface area contributed by atoms with E-state index in [0.29, 0.717) is 25.5 Å². The number of aromatic hydroxyl groups is 1. The maximum absolute atomic E-state index is 13.3. The van der Waals surface area contributed by atoms with Gasteiger partial charge in [0.1, 0.15) is 17.3 Å². The summed E-state index contributed by atoms with van der Waals surface area (Å²) in [6, 6.07) is 10.7. The molecule has 0 spiro atoms. The Labute approximate surface area is 157 Å². The lowest BCUT2D eigenvalue weighted by Gasteiger charge is -2.35. The van der Waals surface area contributed by atoms with Crippen molar-refractivity contribution in [3.8, 4) is 11.5 Å². The topological polar surface area (TPSA) is 71.0 Å². The van der Waals surface area contributed by atoms with Crippen molar-refractivity contribution >= 4 is 5.91 Å². The molecule has 2 aromatic carbocycles. The van der Waals surface area contributed by atoms with Gasteiger partial charge in [-0.2, -0.15) is 0 Å². The number of methoxy groups -OCH3 is 1. The molecule has 1 heterocycles. The molecule has 1 atom stereocenters. The molecule has 6 nitrogen and oxygen atoms in total. The maximum atomic E-state index is 13.3. The first-order valence-corrected chi connectivity index (χ1v) is 8.81. The van der Waals surface area contributed by atoms with E-state index in [9.17, 15) is 14.3 Å². The average Bonchev–Trinajstić information content (AvgIpc) is 2.70. The minimum absolute atomic E-state index is 0.112. The molecular formula is C20H23FN2O4. The van der Waals surface area contributed by atoms with Gasteiger partial charge in [0.05, 0.1) is 31.9 Å². The highest BCUT2D eigenvalue weighted by Gasteiger charge is 2.24. The fourth-order valence-corrected chi connectivity index (χ4v) is 3.15. The smallest absolute Gasteiger partial charge is 0.255 e. The number of halogens is 1. The molecule has 1 saturated heterocycles. The number of carbonyl (C=O) groups is 1. The van der Waals surface area contributed by atoms with E-state index in [4.69, 9.17) is 9.47 Å². The molecule has 2 N–H and O–H groups in total. The van der Waals surface area contributed by atoms with Gasteiger partial charge in [-0.05, 0) is 29.8 Å². The highest BCUT2D eigenvalue weighted by atomic mass is 19.1. The van der Waals surface area contributed by atoms with Gasteiger partial charge in [-0.25, -0.2) is 4.39 Å². The van der Waals surface area contributed by atoms with E-state index in [-0.39, 0.29) is 29.1 Å².